The van der Waals surface area contributed by atoms with Crippen LogP contribution < -0.4 is 0 Å². The molecule has 15 heavy (non-hydrogen) atoms. The van der Waals surface area contributed by atoms with E-state index < -0.39 is 6.10 Å². The molecule has 0 fully saturated rings. The molecule has 0 aliphatic rings. The summed E-state index contributed by atoms with van der Waals surface area (Å²) in [6.45, 7) is 2.02. The molecule has 4 heteroatoms. The molecule has 0 aliphatic heterocycles. The second-order valence-electron chi connectivity index (χ2n) is 3.24. The summed E-state index contributed by atoms with van der Waals surface area (Å²) in [5.74, 6) is 0. The number of nitrogens with zero attached hydrogens (tertiary/aromatic N) is 1. The predicted octanol–water partition coefficient (Wildman–Crippen LogP) is 3.30. The van der Waals surface area contributed by atoms with Gasteiger partial charge in [0.1, 0.15) is 6.10 Å². The molecule has 0 spiro atoms. The highest BCUT2D eigenvalue weighted by Crippen LogP contribution is 2.33. The molecule has 0 aliphatic carbocycles. The van der Waals surface area contributed by atoms with Gasteiger partial charge in [-0.25, -0.2) is 0 Å². The Hall–Kier alpha value is -0.710. The molecule has 2 nitrogen and oxygen atoms in total. The maximum Gasteiger partial charge on any atom is 0.115 e. The van der Waals surface area contributed by atoms with Crippen LogP contribution in [0.15, 0.2) is 35.1 Å². The molecule has 2 heterocycles. The maximum absolute atomic E-state index is 10.1. The van der Waals surface area contributed by atoms with E-state index in [9.17, 15) is 5.11 Å². The Labute approximate surface area is 101 Å². The monoisotopic (exact) mass is 283 g/mol. The molecule has 2 aromatic heterocycles. The van der Waals surface area contributed by atoms with Crippen molar-refractivity contribution in [1.82, 2.24) is 4.98 Å². The average Bonchev–Trinajstić information content (AvgIpc) is 2.59. The summed E-state index contributed by atoms with van der Waals surface area (Å²) in [6.07, 6.45) is 2.81. The van der Waals surface area contributed by atoms with E-state index in [1.54, 1.807) is 23.7 Å². The number of aliphatic hydroxyl groups is 1. The van der Waals surface area contributed by atoms with Crippen molar-refractivity contribution in [3.05, 3.63) is 50.4 Å². The molecule has 0 aromatic carbocycles. The summed E-state index contributed by atoms with van der Waals surface area (Å²) in [7, 11) is 0. The molecule has 78 valence electrons. The van der Waals surface area contributed by atoms with E-state index in [0.717, 1.165) is 14.9 Å². The lowest BCUT2D eigenvalue weighted by Gasteiger charge is -2.07. The fourth-order valence-corrected chi connectivity index (χ4v) is 2.89. The normalized spacial score (nSPS) is 12.7. The molecule has 0 amide bonds. The molecule has 1 unspecified atom stereocenters. The van der Waals surface area contributed by atoms with E-state index in [1.165, 1.54) is 4.88 Å². The number of rotatable bonds is 2. The quantitative estimate of drug-likeness (QED) is 0.918. The van der Waals surface area contributed by atoms with Gasteiger partial charge in [0.2, 0.25) is 0 Å². The molecule has 2 aromatic rings. The molecule has 2 rings (SSSR count). The van der Waals surface area contributed by atoms with Gasteiger partial charge in [0.05, 0.1) is 0 Å². The Kier molecular flexibility index (Phi) is 3.19. The molecule has 1 N–H and O–H groups in total. The third kappa shape index (κ3) is 2.27. The van der Waals surface area contributed by atoms with Crippen LogP contribution in [0.5, 0.6) is 0 Å². The first-order valence-corrected chi connectivity index (χ1v) is 6.13. The van der Waals surface area contributed by atoms with Crippen LogP contribution in [-0.4, -0.2) is 10.1 Å². The summed E-state index contributed by atoms with van der Waals surface area (Å²) >= 11 is 5.03. The van der Waals surface area contributed by atoms with Crippen LogP contribution in [0.1, 0.15) is 21.4 Å². The lowest BCUT2D eigenvalue weighted by Crippen LogP contribution is -1.96. The Bertz CT molecular complexity index is 435. The van der Waals surface area contributed by atoms with Crippen LogP contribution >= 0.6 is 27.3 Å². The van der Waals surface area contributed by atoms with Crippen molar-refractivity contribution in [3.63, 3.8) is 0 Å². The lowest BCUT2D eigenvalue weighted by molar-refractivity contribution is 0.223. The zero-order chi connectivity index (χ0) is 10.8. The minimum atomic E-state index is -0.575. The van der Waals surface area contributed by atoms with E-state index in [0.29, 0.717) is 0 Å². The number of halogens is 1. The Morgan fingerprint density at radius 1 is 1.53 bits per heavy atom. The van der Waals surface area contributed by atoms with Crippen molar-refractivity contribution in [1.29, 1.82) is 0 Å². The molecule has 0 bridgehead atoms. The predicted molar refractivity (Wildman–Crippen MR) is 65.1 cm³/mol. The minimum absolute atomic E-state index is 0.575. The van der Waals surface area contributed by atoms with E-state index in [4.69, 9.17) is 0 Å². The summed E-state index contributed by atoms with van der Waals surface area (Å²) in [5.41, 5.74) is 0.825. The van der Waals surface area contributed by atoms with Crippen LogP contribution in [0.25, 0.3) is 0 Å². The van der Waals surface area contributed by atoms with Crippen LogP contribution in [0.4, 0.5) is 0 Å². The van der Waals surface area contributed by atoms with E-state index >= 15 is 0 Å². The molecule has 1 atom stereocenters. The number of aromatic nitrogens is 1. The SMILES string of the molecule is Cc1sc(C(O)c2cccnc2)cc1Br. The van der Waals surface area contributed by atoms with Gasteiger partial charge in [-0.05, 0) is 35.0 Å². The number of aryl methyl sites for hydroxylation is 1. The Morgan fingerprint density at radius 3 is 2.87 bits per heavy atom. The van der Waals surface area contributed by atoms with Crippen molar-refractivity contribution >= 4 is 27.3 Å². The summed E-state index contributed by atoms with van der Waals surface area (Å²) in [5, 5.41) is 10.1. The molecule has 0 radical (unpaired) electrons. The van der Waals surface area contributed by atoms with Crippen molar-refractivity contribution in [2.75, 3.05) is 0 Å². The Balaban J connectivity index is 2.32. The first kappa shape index (κ1) is 10.8. The first-order valence-electron chi connectivity index (χ1n) is 4.52. The second kappa shape index (κ2) is 4.43. The highest BCUT2D eigenvalue weighted by molar-refractivity contribution is 9.10. The van der Waals surface area contributed by atoms with Gasteiger partial charge in [-0.15, -0.1) is 11.3 Å². The molecule has 0 saturated carbocycles. The molecular formula is C11H10BrNOS. The largest absolute Gasteiger partial charge is 0.383 e. The fourth-order valence-electron chi connectivity index (χ4n) is 1.32. The van der Waals surface area contributed by atoms with Crippen LogP contribution in [0.2, 0.25) is 0 Å². The third-order valence-corrected chi connectivity index (χ3v) is 4.33. The maximum atomic E-state index is 10.1. The summed E-state index contributed by atoms with van der Waals surface area (Å²) < 4.78 is 1.05. The molecule has 0 saturated heterocycles. The van der Waals surface area contributed by atoms with Crippen molar-refractivity contribution < 1.29 is 5.11 Å². The number of pyridine rings is 1. The standard InChI is InChI=1S/C11H10BrNOS/c1-7-9(12)5-10(15-7)11(14)8-3-2-4-13-6-8/h2-6,11,14H,1H3. The Morgan fingerprint density at radius 2 is 2.33 bits per heavy atom. The van der Waals surface area contributed by atoms with Gasteiger partial charge in [0, 0.05) is 32.2 Å². The van der Waals surface area contributed by atoms with E-state index in [1.807, 2.05) is 25.1 Å². The van der Waals surface area contributed by atoms with Gasteiger partial charge < -0.3 is 5.11 Å². The number of hydrogen-bond acceptors (Lipinski definition) is 3. The zero-order valence-electron chi connectivity index (χ0n) is 8.14. The van der Waals surface area contributed by atoms with Crippen molar-refractivity contribution in [2.24, 2.45) is 0 Å². The zero-order valence-corrected chi connectivity index (χ0v) is 10.5. The summed E-state index contributed by atoms with van der Waals surface area (Å²) in [4.78, 5) is 6.10. The van der Waals surface area contributed by atoms with Crippen molar-refractivity contribution in [3.8, 4) is 0 Å². The first-order chi connectivity index (χ1) is 7.18. The van der Waals surface area contributed by atoms with Gasteiger partial charge in [0.15, 0.2) is 0 Å². The van der Waals surface area contributed by atoms with Crippen LogP contribution in [-0.2, 0) is 0 Å². The van der Waals surface area contributed by atoms with Gasteiger partial charge in [-0.1, -0.05) is 6.07 Å². The van der Waals surface area contributed by atoms with Gasteiger partial charge in [-0.2, -0.15) is 0 Å². The summed E-state index contributed by atoms with van der Waals surface area (Å²) in [6, 6.07) is 5.66. The van der Waals surface area contributed by atoms with Crippen LogP contribution in [0.3, 0.4) is 0 Å². The van der Waals surface area contributed by atoms with E-state index in [2.05, 4.69) is 20.9 Å². The van der Waals surface area contributed by atoms with Gasteiger partial charge in [-0.3, -0.25) is 4.98 Å². The number of aliphatic hydroxyl groups excluding tert-OH is 1. The topological polar surface area (TPSA) is 33.1 Å². The number of thiophene rings is 1. The minimum Gasteiger partial charge on any atom is -0.383 e. The highest BCUT2D eigenvalue weighted by Gasteiger charge is 2.14. The lowest BCUT2D eigenvalue weighted by atomic mass is 10.1. The third-order valence-electron chi connectivity index (χ3n) is 2.15. The average molecular weight is 284 g/mol. The fraction of sp³-hybridized carbons (Fsp3) is 0.182. The smallest absolute Gasteiger partial charge is 0.115 e. The molecular weight excluding hydrogens is 274 g/mol. The van der Waals surface area contributed by atoms with Gasteiger partial charge >= 0.3 is 0 Å². The van der Waals surface area contributed by atoms with E-state index in [-0.39, 0.29) is 0 Å². The second-order valence-corrected chi connectivity index (χ2v) is 5.38. The van der Waals surface area contributed by atoms with Crippen LogP contribution in [0, 0.1) is 6.92 Å². The van der Waals surface area contributed by atoms with Crippen molar-refractivity contribution in [2.45, 2.75) is 13.0 Å². The van der Waals surface area contributed by atoms with Gasteiger partial charge in [0.25, 0.3) is 0 Å². The highest BCUT2D eigenvalue weighted by atomic mass is 79.9. The number of hydrogen-bond donors (Lipinski definition) is 1.